The van der Waals surface area contributed by atoms with Crippen molar-refractivity contribution in [1.29, 1.82) is 0 Å². The summed E-state index contributed by atoms with van der Waals surface area (Å²) in [6.07, 6.45) is 5.98. The molecule has 5 nitrogen and oxygen atoms in total. The van der Waals surface area contributed by atoms with Crippen LogP contribution in [0, 0.1) is 0 Å². The van der Waals surface area contributed by atoms with Crippen molar-refractivity contribution in [2.24, 2.45) is 7.05 Å². The van der Waals surface area contributed by atoms with Crippen molar-refractivity contribution >= 4 is 50.7 Å². The van der Waals surface area contributed by atoms with Crippen LogP contribution in [0.25, 0.3) is 22.4 Å². The molecule has 0 spiro atoms. The summed E-state index contributed by atoms with van der Waals surface area (Å²) in [5.41, 5.74) is 7.76. The minimum Gasteiger partial charge on any atom is -0.482 e. The zero-order chi connectivity index (χ0) is 22.2. The molecule has 1 aliphatic rings. The van der Waals surface area contributed by atoms with Crippen molar-refractivity contribution in [3.05, 3.63) is 86.1 Å². The number of para-hydroxylation sites is 2. The first-order chi connectivity index (χ1) is 15.6. The molecule has 1 aliphatic heterocycles. The summed E-state index contributed by atoms with van der Waals surface area (Å²) < 4.78 is 10.0. The summed E-state index contributed by atoms with van der Waals surface area (Å²) in [5.74, 6) is 0.218. The van der Waals surface area contributed by atoms with E-state index in [1.54, 1.807) is 11.3 Å². The van der Waals surface area contributed by atoms with Gasteiger partial charge in [0.15, 0.2) is 0 Å². The maximum atomic E-state index is 10.8. The molecule has 0 radical (unpaired) electrons. The smallest absolute Gasteiger partial charge is 0.379 e. The van der Waals surface area contributed by atoms with E-state index in [1.165, 1.54) is 21.6 Å². The number of anilines is 1. The van der Waals surface area contributed by atoms with Crippen molar-refractivity contribution in [2.75, 3.05) is 11.9 Å². The van der Waals surface area contributed by atoms with Crippen LogP contribution in [0.15, 0.2) is 66.0 Å². The Kier molecular flexibility index (Phi) is 5.25. The summed E-state index contributed by atoms with van der Waals surface area (Å²) in [7, 11) is 4.05. The molecule has 0 saturated heterocycles. The zero-order valence-corrected chi connectivity index (χ0v) is 19.7. The highest BCUT2D eigenvalue weighted by atomic mass is 32.1. The second-order valence-electron chi connectivity index (χ2n) is 7.47. The number of aromatic hydroxyl groups is 1. The Morgan fingerprint density at radius 3 is 2.59 bits per heavy atom. The number of aryl methyl sites for hydroxylation is 1. The summed E-state index contributed by atoms with van der Waals surface area (Å²) >= 11 is 3.11. The van der Waals surface area contributed by atoms with Gasteiger partial charge in [0.05, 0.1) is 24.0 Å². The molecule has 1 N–H and O–H groups in total. The number of allylic oxidation sites excluding steroid dienone is 1. The average Bonchev–Trinajstić information content (AvgIpc) is 3.29. The lowest BCUT2D eigenvalue weighted by molar-refractivity contribution is 0.415. The number of fused-ring (bicyclic) bond motifs is 2. The SMILES string of the molecule is CCn1c(O)c(C=C=C2C=Cc3ccccc3N2C)sc1=[N+]=c1sc2ccccc2n1C. The maximum absolute atomic E-state index is 10.8. The van der Waals surface area contributed by atoms with Gasteiger partial charge in [-0.2, -0.15) is 0 Å². The lowest BCUT2D eigenvalue weighted by Gasteiger charge is -2.24. The highest BCUT2D eigenvalue weighted by Gasteiger charge is 2.16. The van der Waals surface area contributed by atoms with Crippen LogP contribution in [-0.2, 0) is 13.6 Å². The van der Waals surface area contributed by atoms with Gasteiger partial charge in [0, 0.05) is 18.8 Å². The van der Waals surface area contributed by atoms with Gasteiger partial charge in [-0.1, -0.05) is 42.1 Å². The lowest BCUT2D eigenvalue weighted by Crippen LogP contribution is -2.23. The molecule has 0 atom stereocenters. The van der Waals surface area contributed by atoms with E-state index in [-0.39, 0.29) is 5.88 Å². The topological polar surface area (TPSA) is 47.4 Å². The van der Waals surface area contributed by atoms with E-state index < -0.39 is 0 Å². The predicted octanol–water partition coefficient (Wildman–Crippen LogP) is 4.06. The Hall–Kier alpha value is -3.47. The number of thiazole rings is 2. The van der Waals surface area contributed by atoms with Crippen molar-refractivity contribution in [3.63, 3.8) is 0 Å². The fourth-order valence-corrected chi connectivity index (χ4v) is 5.84. The van der Waals surface area contributed by atoms with Crippen LogP contribution in [0.2, 0.25) is 0 Å². The number of rotatable bonds is 2. The average molecular weight is 460 g/mol. The van der Waals surface area contributed by atoms with Gasteiger partial charge in [-0.3, -0.25) is 0 Å². The third-order valence-corrected chi connectivity index (χ3v) is 7.69. The highest BCUT2D eigenvalue weighted by Crippen LogP contribution is 2.29. The number of hydrogen-bond acceptors (Lipinski definition) is 4. The Morgan fingerprint density at radius 1 is 1.00 bits per heavy atom. The monoisotopic (exact) mass is 459 g/mol. The van der Waals surface area contributed by atoms with Crippen LogP contribution >= 0.6 is 22.7 Å². The fourth-order valence-electron chi connectivity index (χ4n) is 3.78. The Balaban J connectivity index is 1.66. The molecule has 3 heterocycles. The third-order valence-electron chi connectivity index (χ3n) is 5.56. The third kappa shape index (κ3) is 3.48. The van der Waals surface area contributed by atoms with E-state index in [0.717, 1.165) is 31.4 Å². The Labute approximate surface area is 193 Å². The van der Waals surface area contributed by atoms with Crippen LogP contribution in [0.1, 0.15) is 17.4 Å². The van der Waals surface area contributed by atoms with Gasteiger partial charge in [0.2, 0.25) is 0 Å². The predicted molar refractivity (Wildman–Crippen MR) is 134 cm³/mol. The van der Waals surface area contributed by atoms with E-state index >= 15 is 0 Å². The standard InChI is InChI=1S/C25H22N4OS2/c1-4-29-23(30)22(16-15-18-14-13-17-9-5-6-10-19(17)27(18)2)32-25(29)26-24-28(3)20-11-7-8-12-21(20)31-24/h5-14,16H,4H2,1-3H3/p+1. The molecular formula is C25H23N4OS2+. The van der Waals surface area contributed by atoms with E-state index in [2.05, 4.69) is 45.5 Å². The van der Waals surface area contributed by atoms with Gasteiger partial charge < -0.3 is 10.0 Å². The van der Waals surface area contributed by atoms with Gasteiger partial charge in [0.25, 0.3) is 5.88 Å². The van der Waals surface area contributed by atoms with E-state index in [4.69, 9.17) is 4.67 Å². The van der Waals surface area contributed by atoms with Gasteiger partial charge in [0.1, 0.15) is 10.4 Å². The minimum atomic E-state index is 0.218. The number of hydrogen-bond donors (Lipinski definition) is 1. The van der Waals surface area contributed by atoms with Crippen LogP contribution in [0.5, 0.6) is 5.88 Å². The van der Waals surface area contributed by atoms with Crippen molar-refractivity contribution in [2.45, 2.75) is 13.5 Å². The quantitative estimate of drug-likeness (QED) is 0.363. The Bertz CT molecular complexity index is 1580. The molecule has 0 amide bonds. The van der Waals surface area contributed by atoms with E-state index in [1.807, 2.05) is 62.0 Å². The zero-order valence-electron chi connectivity index (χ0n) is 18.1. The largest absolute Gasteiger partial charge is 0.482 e. The highest BCUT2D eigenvalue weighted by molar-refractivity contribution is 7.16. The number of aromatic nitrogens is 2. The van der Waals surface area contributed by atoms with E-state index in [9.17, 15) is 5.11 Å². The normalized spacial score (nSPS) is 12.6. The van der Waals surface area contributed by atoms with Crippen molar-refractivity contribution in [1.82, 2.24) is 13.8 Å². The number of nitrogens with zero attached hydrogens (tertiary/aromatic N) is 4. The number of benzene rings is 2. The van der Waals surface area contributed by atoms with Gasteiger partial charge in [-0.15, -0.1) is 0 Å². The first kappa shape index (κ1) is 20.4. The molecule has 0 bridgehead atoms. The molecule has 2 aromatic heterocycles. The first-order valence-electron chi connectivity index (χ1n) is 10.4. The minimum absolute atomic E-state index is 0.218. The molecule has 32 heavy (non-hydrogen) atoms. The van der Waals surface area contributed by atoms with Crippen LogP contribution in [0.4, 0.5) is 5.69 Å². The van der Waals surface area contributed by atoms with Gasteiger partial charge in [-0.05, 0) is 59.4 Å². The first-order valence-corrected chi connectivity index (χ1v) is 12.0. The van der Waals surface area contributed by atoms with Crippen LogP contribution in [0.3, 0.4) is 0 Å². The summed E-state index contributed by atoms with van der Waals surface area (Å²) in [6.45, 7) is 2.64. The second-order valence-corrected chi connectivity index (χ2v) is 9.48. The molecule has 4 aromatic rings. The molecule has 7 heteroatoms. The van der Waals surface area contributed by atoms with Crippen molar-refractivity contribution in [3.8, 4) is 5.88 Å². The summed E-state index contributed by atoms with van der Waals surface area (Å²) in [5, 5.41) is 10.8. The van der Waals surface area contributed by atoms with Crippen molar-refractivity contribution < 1.29 is 5.11 Å². The molecule has 0 unspecified atom stereocenters. The Morgan fingerprint density at radius 2 is 1.78 bits per heavy atom. The molecule has 5 rings (SSSR count). The molecule has 2 aromatic carbocycles. The van der Waals surface area contributed by atoms with Gasteiger partial charge >= 0.3 is 9.60 Å². The van der Waals surface area contributed by atoms with Gasteiger partial charge in [-0.25, -0.2) is 13.8 Å². The molecular weight excluding hydrogens is 436 g/mol. The second kappa shape index (κ2) is 8.23. The molecule has 0 aliphatic carbocycles. The molecule has 0 saturated carbocycles. The fraction of sp³-hybridized carbons (Fsp3) is 0.160. The molecule has 0 fully saturated rings. The maximum Gasteiger partial charge on any atom is 0.379 e. The molecule has 160 valence electrons. The summed E-state index contributed by atoms with van der Waals surface area (Å²) in [4.78, 5) is 4.51. The number of likely N-dealkylation sites (N-methyl/N-ethyl adjacent to an activating group) is 1. The van der Waals surface area contributed by atoms with E-state index in [0.29, 0.717) is 6.54 Å². The van der Waals surface area contributed by atoms with Crippen LogP contribution < -0.4 is 19.2 Å². The van der Waals surface area contributed by atoms with Crippen LogP contribution in [-0.4, -0.2) is 21.3 Å². The summed E-state index contributed by atoms with van der Waals surface area (Å²) in [6, 6.07) is 16.5. The lowest BCUT2D eigenvalue weighted by atomic mass is 10.1.